The first kappa shape index (κ1) is 13.0. The molecular formula is C14H14N2O3. The summed E-state index contributed by atoms with van der Waals surface area (Å²) in [4.78, 5) is 19.6. The number of carbonyl (C=O) groups is 1. The molecule has 1 aromatic carbocycles. The second kappa shape index (κ2) is 6.49. The summed E-state index contributed by atoms with van der Waals surface area (Å²) in [6.45, 7) is 2.43. The van der Waals surface area contributed by atoms with E-state index in [1.165, 1.54) is 0 Å². The Kier molecular flexibility index (Phi) is 4.44. The van der Waals surface area contributed by atoms with Crippen LogP contribution in [0.3, 0.4) is 0 Å². The summed E-state index contributed by atoms with van der Waals surface area (Å²) in [5.41, 5.74) is 0.505. The van der Waals surface area contributed by atoms with Crippen molar-refractivity contribution in [1.29, 1.82) is 0 Å². The molecule has 0 atom stereocenters. The van der Waals surface area contributed by atoms with E-state index in [0.717, 1.165) is 0 Å². The Morgan fingerprint density at radius 1 is 1.16 bits per heavy atom. The van der Waals surface area contributed by atoms with Gasteiger partial charge < -0.3 is 9.47 Å². The highest BCUT2D eigenvalue weighted by molar-refractivity contribution is 5.89. The third-order valence-electron chi connectivity index (χ3n) is 2.35. The molecule has 1 aromatic heterocycles. The summed E-state index contributed by atoms with van der Waals surface area (Å²) >= 11 is 0. The summed E-state index contributed by atoms with van der Waals surface area (Å²) in [5.74, 6) is 0.929. The fraction of sp³-hybridized carbons (Fsp3) is 0.214. The topological polar surface area (TPSA) is 61.3 Å². The van der Waals surface area contributed by atoms with Crippen LogP contribution in [0.15, 0.2) is 42.7 Å². The van der Waals surface area contributed by atoms with E-state index in [-0.39, 0.29) is 5.97 Å². The van der Waals surface area contributed by atoms with Crippen molar-refractivity contribution in [2.45, 2.75) is 13.5 Å². The van der Waals surface area contributed by atoms with Gasteiger partial charge in [0, 0.05) is 12.4 Å². The Balaban J connectivity index is 1.94. The van der Waals surface area contributed by atoms with E-state index in [2.05, 4.69) is 9.97 Å². The van der Waals surface area contributed by atoms with Crippen LogP contribution in [0.25, 0.3) is 0 Å². The Bertz CT molecular complexity index is 526. The zero-order valence-corrected chi connectivity index (χ0v) is 10.6. The summed E-state index contributed by atoms with van der Waals surface area (Å²) in [7, 11) is 0. The Morgan fingerprint density at radius 2 is 1.84 bits per heavy atom. The lowest BCUT2D eigenvalue weighted by molar-refractivity contribution is 0.0526. The molecule has 0 bridgehead atoms. The number of benzene rings is 1. The molecule has 0 spiro atoms. The highest BCUT2D eigenvalue weighted by Crippen LogP contribution is 2.14. The van der Waals surface area contributed by atoms with Gasteiger partial charge in [0.2, 0.25) is 0 Å². The van der Waals surface area contributed by atoms with E-state index in [4.69, 9.17) is 9.47 Å². The van der Waals surface area contributed by atoms with Crippen LogP contribution in [0.5, 0.6) is 5.75 Å². The molecule has 0 saturated carbocycles. The molecule has 0 fully saturated rings. The molecule has 1 heterocycles. The number of aromatic nitrogens is 2. The lowest BCUT2D eigenvalue weighted by Crippen LogP contribution is -2.04. The first-order valence-corrected chi connectivity index (χ1v) is 5.95. The van der Waals surface area contributed by atoms with Crippen molar-refractivity contribution in [3.63, 3.8) is 0 Å². The normalized spacial score (nSPS) is 9.95. The molecule has 0 radical (unpaired) electrons. The van der Waals surface area contributed by atoms with Gasteiger partial charge in [-0.1, -0.05) is 0 Å². The molecule has 0 aliphatic heterocycles. The number of hydrogen-bond acceptors (Lipinski definition) is 5. The van der Waals surface area contributed by atoms with Gasteiger partial charge in [0.05, 0.1) is 12.2 Å². The standard InChI is InChI=1S/C14H14N2O3/c1-2-18-14(17)11-4-6-12(7-5-11)19-10-13-15-8-3-9-16-13/h3-9H,2,10H2,1H3. The first-order chi connectivity index (χ1) is 9.29. The Morgan fingerprint density at radius 3 is 2.47 bits per heavy atom. The molecule has 0 N–H and O–H groups in total. The van der Waals surface area contributed by atoms with Crippen LogP contribution >= 0.6 is 0 Å². The van der Waals surface area contributed by atoms with Gasteiger partial charge in [-0.05, 0) is 37.3 Å². The van der Waals surface area contributed by atoms with E-state index >= 15 is 0 Å². The second-order valence-electron chi connectivity index (χ2n) is 3.70. The molecule has 0 saturated heterocycles. The molecule has 19 heavy (non-hydrogen) atoms. The smallest absolute Gasteiger partial charge is 0.338 e. The van der Waals surface area contributed by atoms with Crippen molar-refractivity contribution in [3.8, 4) is 5.75 Å². The summed E-state index contributed by atoms with van der Waals surface area (Å²) in [5, 5.41) is 0. The summed E-state index contributed by atoms with van der Waals surface area (Å²) < 4.78 is 10.4. The van der Waals surface area contributed by atoms with Crippen molar-refractivity contribution in [2.24, 2.45) is 0 Å². The monoisotopic (exact) mass is 258 g/mol. The summed E-state index contributed by atoms with van der Waals surface area (Å²) in [6, 6.07) is 8.51. The number of ether oxygens (including phenoxy) is 2. The van der Waals surface area contributed by atoms with Gasteiger partial charge in [-0.2, -0.15) is 0 Å². The van der Waals surface area contributed by atoms with Crippen LogP contribution < -0.4 is 4.74 Å². The molecule has 0 unspecified atom stereocenters. The maximum Gasteiger partial charge on any atom is 0.338 e. The molecule has 0 amide bonds. The maximum atomic E-state index is 11.5. The number of nitrogens with zero attached hydrogens (tertiary/aromatic N) is 2. The predicted octanol–water partition coefficient (Wildman–Crippen LogP) is 2.23. The molecule has 98 valence electrons. The average molecular weight is 258 g/mol. The predicted molar refractivity (Wildman–Crippen MR) is 68.8 cm³/mol. The molecule has 2 rings (SSSR count). The minimum atomic E-state index is -0.333. The van der Waals surface area contributed by atoms with Crippen molar-refractivity contribution in [3.05, 3.63) is 54.1 Å². The van der Waals surface area contributed by atoms with E-state index in [1.54, 1.807) is 49.6 Å². The summed E-state index contributed by atoms with van der Waals surface area (Å²) in [6.07, 6.45) is 3.32. The van der Waals surface area contributed by atoms with Gasteiger partial charge in [0.1, 0.15) is 12.4 Å². The first-order valence-electron chi connectivity index (χ1n) is 5.95. The van der Waals surface area contributed by atoms with Gasteiger partial charge in [-0.25, -0.2) is 14.8 Å². The Labute approximate surface area is 111 Å². The molecular weight excluding hydrogens is 244 g/mol. The molecule has 0 aliphatic carbocycles. The SMILES string of the molecule is CCOC(=O)c1ccc(OCc2ncccn2)cc1. The number of carbonyl (C=O) groups excluding carboxylic acids is 1. The van der Waals surface area contributed by atoms with Gasteiger partial charge >= 0.3 is 5.97 Å². The van der Waals surface area contributed by atoms with E-state index in [1.807, 2.05) is 0 Å². The maximum absolute atomic E-state index is 11.5. The van der Waals surface area contributed by atoms with Crippen LogP contribution in [-0.2, 0) is 11.3 Å². The minimum absolute atomic E-state index is 0.291. The minimum Gasteiger partial charge on any atom is -0.486 e. The van der Waals surface area contributed by atoms with Gasteiger partial charge in [0.25, 0.3) is 0 Å². The van der Waals surface area contributed by atoms with Gasteiger partial charge in [-0.15, -0.1) is 0 Å². The quantitative estimate of drug-likeness (QED) is 0.770. The van der Waals surface area contributed by atoms with Crippen molar-refractivity contribution in [1.82, 2.24) is 9.97 Å². The lowest BCUT2D eigenvalue weighted by atomic mass is 10.2. The van der Waals surface area contributed by atoms with Crippen molar-refractivity contribution in [2.75, 3.05) is 6.61 Å². The average Bonchev–Trinajstić information content (AvgIpc) is 2.47. The Hall–Kier alpha value is -2.43. The van der Waals surface area contributed by atoms with E-state index in [9.17, 15) is 4.79 Å². The van der Waals surface area contributed by atoms with Crippen molar-refractivity contribution < 1.29 is 14.3 Å². The molecule has 2 aromatic rings. The van der Waals surface area contributed by atoms with Crippen LogP contribution in [0.1, 0.15) is 23.1 Å². The van der Waals surface area contributed by atoms with Crippen molar-refractivity contribution >= 4 is 5.97 Å². The zero-order chi connectivity index (χ0) is 13.5. The van der Waals surface area contributed by atoms with E-state index < -0.39 is 0 Å². The third kappa shape index (κ3) is 3.77. The second-order valence-corrected chi connectivity index (χ2v) is 3.70. The highest BCUT2D eigenvalue weighted by Gasteiger charge is 2.06. The lowest BCUT2D eigenvalue weighted by Gasteiger charge is -2.06. The van der Waals surface area contributed by atoms with Gasteiger partial charge in [-0.3, -0.25) is 0 Å². The van der Waals surface area contributed by atoms with Gasteiger partial charge in [0.15, 0.2) is 5.82 Å². The fourth-order valence-corrected chi connectivity index (χ4v) is 1.45. The highest BCUT2D eigenvalue weighted by atomic mass is 16.5. The zero-order valence-electron chi connectivity index (χ0n) is 10.6. The number of hydrogen-bond donors (Lipinski definition) is 0. The third-order valence-corrected chi connectivity index (χ3v) is 2.35. The number of esters is 1. The van der Waals surface area contributed by atoms with E-state index in [0.29, 0.717) is 30.4 Å². The number of rotatable bonds is 5. The van der Waals surface area contributed by atoms with Crippen LogP contribution in [0, 0.1) is 0 Å². The molecule has 0 aliphatic rings. The largest absolute Gasteiger partial charge is 0.486 e. The molecule has 5 heteroatoms. The van der Waals surface area contributed by atoms with Crippen LogP contribution in [-0.4, -0.2) is 22.5 Å². The fourth-order valence-electron chi connectivity index (χ4n) is 1.45. The van der Waals surface area contributed by atoms with Crippen LogP contribution in [0.2, 0.25) is 0 Å². The van der Waals surface area contributed by atoms with Crippen LogP contribution in [0.4, 0.5) is 0 Å². The molecule has 5 nitrogen and oxygen atoms in total.